The summed E-state index contributed by atoms with van der Waals surface area (Å²) in [5, 5.41) is 8.53. The molecule has 0 saturated carbocycles. The van der Waals surface area contributed by atoms with Crippen molar-refractivity contribution in [2.45, 2.75) is 19.3 Å². The van der Waals surface area contributed by atoms with E-state index in [1.165, 1.54) is 4.90 Å². The average molecular weight is 250 g/mol. The molecule has 1 aromatic rings. The molecule has 0 heterocycles. The molecule has 0 radical (unpaired) electrons. The molecule has 0 aliphatic heterocycles. The van der Waals surface area contributed by atoms with Crippen LogP contribution >= 0.6 is 0 Å². The Hall–Kier alpha value is -2.04. The second-order valence-corrected chi connectivity index (χ2v) is 4.20. The second-order valence-electron chi connectivity index (χ2n) is 4.20. The van der Waals surface area contributed by atoms with Gasteiger partial charge in [0.2, 0.25) is 5.91 Å². The van der Waals surface area contributed by atoms with Crippen LogP contribution in [-0.2, 0) is 16.0 Å². The van der Waals surface area contributed by atoms with Crippen LogP contribution in [0.3, 0.4) is 0 Å². The van der Waals surface area contributed by atoms with Crippen molar-refractivity contribution in [2.24, 2.45) is 0 Å². The van der Waals surface area contributed by atoms with Crippen molar-refractivity contribution >= 4 is 17.6 Å². The highest BCUT2D eigenvalue weighted by Crippen LogP contribution is 2.08. The van der Waals surface area contributed by atoms with Gasteiger partial charge >= 0.3 is 5.97 Å². The minimum atomic E-state index is -0.895. The van der Waals surface area contributed by atoms with Gasteiger partial charge in [0.05, 0.1) is 6.42 Å². The first-order valence-corrected chi connectivity index (χ1v) is 5.79. The molecule has 5 nitrogen and oxygen atoms in total. The second kappa shape index (κ2) is 6.64. The van der Waals surface area contributed by atoms with Crippen molar-refractivity contribution in [2.75, 3.05) is 19.3 Å². The number of aliphatic carboxylic acids is 1. The number of carboxylic acids is 1. The van der Waals surface area contributed by atoms with Crippen LogP contribution in [0.1, 0.15) is 18.4 Å². The van der Waals surface area contributed by atoms with E-state index in [9.17, 15) is 9.59 Å². The summed E-state index contributed by atoms with van der Waals surface area (Å²) in [5.74, 6) is -0.943. The molecule has 0 saturated heterocycles. The zero-order valence-corrected chi connectivity index (χ0v) is 10.4. The van der Waals surface area contributed by atoms with E-state index in [1.54, 1.807) is 19.2 Å². The first-order valence-electron chi connectivity index (χ1n) is 5.79. The van der Waals surface area contributed by atoms with E-state index in [2.05, 4.69) is 0 Å². The molecule has 0 fully saturated rings. The Balaban J connectivity index is 2.36. The van der Waals surface area contributed by atoms with Crippen molar-refractivity contribution in [3.63, 3.8) is 0 Å². The van der Waals surface area contributed by atoms with Crippen molar-refractivity contribution in [3.05, 3.63) is 29.8 Å². The highest BCUT2D eigenvalue weighted by Gasteiger charge is 2.10. The Kier molecular flexibility index (Phi) is 5.17. The predicted octanol–water partition coefficient (Wildman–Crippen LogP) is 1.13. The van der Waals surface area contributed by atoms with Gasteiger partial charge in [-0.3, -0.25) is 9.59 Å². The number of carbonyl (C=O) groups excluding carboxylic acids is 1. The fourth-order valence-corrected chi connectivity index (χ4v) is 1.51. The van der Waals surface area contributed by atoms with Crippen LogP contribution < -0.4 is 5.73 Å². The number of carboxylic acid groups (broad SMARTS) is 1. The maximum absolute atomic E-state index is 11.7. The summed E-state index contributed by atoms with van der Waals surface area (Å²) in [6.45, 7) is 0.246. The molecule has 0 spiro atoms. The molecule has 18 heavy (non-hydrogen) atoms. The molecule has 1 aromatic carbocycles. The number of aryl methyl sites for hydroxylation is 1. The third kappa shape index (κ3) is 4.86. The number of carbonyl (C=O) groups is 2. The van der Waals surface area contributed by atoms with E-state index in [-0.39, 0.29) is 18.9 Å². The van der Waals surface area contributed by atoms with Crippen LogP contribution in [0.15, 0.2) is 24.3 Å². The largest absolute Gasteiger partial charge is 0.481 e. The molecule has 0 aliphatic carbocycles. The van der Waals surface area contributed by atoms with Gasteiger partial charge in [0, 0.05) is 25.7 Å². The summed E-state index contributed by atoms with van der Waals surface area (Å²) in [6, 6.07) is 7.38. The van der Waals surface area contributed by atoms with Gasteiger partial charge in [-0.2, -0.15) is 0 Å². The Morgan fingerprint density at radius 1 is 1.22 bits per heavy atom. The number of nitrogens with zero attached hydrogens (tertiary/aromatic N) is 1. The Labute approximate surface area is 106 Å². The molecule has 3 N–H and O–H groups in total. The van der Waals surface area contributed by atoms with Gasteiger partial charge in [-0.05, 0) is 24.1 Å². The number of anilines is 1. The molecule has 1 rings (SSSR count). The monoisotopic (exact) mass is 250 g/mol. The molecule has 0 unspecified atom stereocenters. The van der Waals surface area contributed by atoms with E-state index >= 15 is 0 Å². The fraction of sp³-hybridized carbons (Fsp3) is 0.385. The lowest BCUT2D eigenvalue weighted by atomic mass is 10.1. The molecule has 5 heteroatoms. The summed E-state index contributed by atoms with van der Waals surface area (Å²) < 4.78 is 0. The van der Waals surface area contributed by atoms with Gasteiger partial charge in [0.25, 0.3) is 0 Å². The van der Waals surface area contributed by atoms with Crippen molar-refractivity contribution in [3.8, 4) is 0 Å². The lowest BCUT2D eigenvalue weighted by Gasteiger charge is -2.15. The quantitative estimate of drug-likeness (QED) is 0.741. The minimum Gasteiger partial charge on any atom is -0.481 e. The molecule has 0 atom stereocenters. The number of hydrogen-bond donors (Lipinski definition) is 2. The molecular weight excluding hydrogens is 232 g/mol. The van der Waals surface area contributed by atoms with Crippen molar-refractivity contribution in [1.29, 1.82) is 0 Å². The Morgan fingerprint density at radius 2 is 1.83 bits per heavy atom. The Morgan fingerprint density at radius 3 is 2.39 bits per heavy atom. The molecule has 0 aliphatic rings. The van der Waals surface area contributed by atoms with E-state index in [0.29, 0.717) is 18.5 Å². The SMILES string of the molecule is CN(CCC(=O)O)C(=O)CCc1ccc(N)cc1. The van der Waals surface area contributed by atoms with Gasteiger partial charge in [-0.25, -0.2) is 0 Å². The van der Waals surface area contributed by atoms with E-state index < -0.39 is 5.97 Å². The number of hydrogen-bond acceptors (Lipinski definition) is 3. The molecule has 98 valence electrons. The van der Waals surface area contributed by atoms with Crippen LogP contribution in [0, 0.1) is 0 Å². The molecule has 0 aromatic heterocycles. The zero-order valence-electron chi connectivity index (χ0n) is 10.4. The number of nitrogens with two attached hydrogens (primary N) is 1. The van der Waals surface area contributed by atoms with Gasteiger partial charge < -0.3 is 15.7 Å². The zero-order chi connectivity index (χ0) is 13.5. The minimum absolute atomic E-state index is 0.0237. The highest BCUT2D eigenvalue weighted by atomic mass is 16.4. The number of rotatable bonds is 6. The van der Waals surface area contributed by atoms with Gasteiger partial charge in [-0.1, -0.05) is 12.1 Å². The van der Waals surface area contributed by atoms with Crippen LogP contribution in [0.25, 0.3) is 0 Å². The summed E-state index contributed by atoms with van der Waals surface area (Å²) >= 11 is 0. The van der Waals surface area contributed by atoms with Crippen LogP contribution in [0.5, 0.6) is 0 Å². The summed E-state index contributed by atoms with van der Waals surface area (Å²) in [4.78, 5) is 23.5. The smallest absolute Gasteiger partial charge is 0.305 e. The van der Waals surface area contributed by atoms with Gasteiger partial charge in [-0.15, -0.1) is 0 Å². The fourth-order valence-electron chi connectivity index (χ4n) is 1.51. The lowest BCUT2D eigenvalue weighted by molar-refractivity contribution is -0.138. The Bertz CT molecular complexity index is 415. The maximum Gasteiger partial charge on any atom is 0.305 e. The maximum atomic E-state index is 11.7. The molecular formula is C13H18N2O3. The standard InChI is InChI=1S/C13H18N2O3/c1-15(9-8-13(17)18)12(16)7-4-10-2-5-11(14)6-3-10/h2-3,5-6H,4,7-9,14H2,1H3,(H,17,18). The van der Waals surface area contributed by atoms with E-state index in [0.717, 1.165) is 5.56 Å². The topological polar surface area (TPSA) is 83.6 Å². The number of amides is 1. The highest BCUT2D eigenvalue weighted by molar-refractivity contribution is 5.77. The van der Waals surface area contributed by atoms with Crippen molar-refractivity contribution in [1.82, 2.24) is 4.90 Å². The number of nitrogen functional groups attached to an aromatic ring is 1. The molecule has 1 amide bonds. The van der Waals surface area contributed by atoms with Crippen LogP contribution in [0.2, 0.25) is 0 Å². The van der Waals surface area contributed by atoms with Gasteiger partial charge in [0.15, 0.2) is 0 Å². The average Bonchev–Trinajstić information content (AvgIpc) is 2.34. The van der Waals surface area contributed by atoms with Crippen molar-refractivity contribution < 1.29 is 14.7 Å². The van der Waals surface area contributed by atoms with E-state index in [1.807, 2.05) is 12.1 Å². The molecule has 0 bridgehead atoms. The third-order valence-electron chi connectivity index (χ3n) is 2.69. The lowest BCUT2D eigenvalue weighted by Crippen LogP contribution is -2.29. The van der Waals surface area contributed by atoms with Gasteiger partial charge in [0.1, 0.15) is 0 Å². The predicted molar refractivity (Wildman–Crippen MR) is 69.1 cm³/mol. The first-order chi connectivity index (χ1) is 8.49. The summed E-state index contributed by atoms with van der Waals surface area (Å²) in [6.07, 6.45) is 0.987. The normalized spacial score (nSPS) is 10.1. The van der Waals surface area contributed by atoms with Crippen LogP contribution in [-0.4, -0.2) is 35.5 Å². The van der Waals surface area contributed by atoms with E-state index in [4.69, 9.17) is 10.8 Å². The summed E-state index contributed by atoms with van der Waals surface area (Å²) in [7, 11) is 1.62. The number of benzene rings is 1. The van der Waals surface area contributed by atoms with Crippen LogP contribution in [0.4, 0.5) is 5.69 Å². The third-order valence-corrected chi connectivity index (χ3v) is 2.69. The first kappa shape index (κ1) is 14.0. The summed E-state index contributed by atoms with van der Waals surface area (Å²) in [5.41, 5.74) is 7.31.